The van der Waals surface area contributed by atoms with E-state index in [0.29, 0.717) is 12.6 Å². The number of piperidine rings is 1. The second-order valence-corrected chi connectivity index (χ2v) is 10.3. The number of nitrogens with one attached hydrogen (secondary N) is 1. The second-order valence-electron chi connectivity index (χ2n) is 8.94. The minimum atomic E-state index is -0.112. The minimum absolute atomic E-state index is 0.0432. The quantitative estimate of drug-likeness (QED) is 0.220. The molecule has 3 rings (SSSR count). The summed E-state index contributed by atoms with van der Waals surface area (Å²) < 4.78 is 5.86. The number of carbonyl (C=O) groups is 1. The van der Waals surface area contributed by atoms with Crippen LogP contribution in [0.1, 0.15) is 37.2 Å². The van der Waals surface area contributed by atoms with Gasteiger partial charge in [0.1, 0.15) is 0 Å². The Hall–Kier alpha value is -0.440. The highest BCUT2D eigenvalue weighted by Crippen LogP contribution is 2.46. The number of hydrogen-bond donors (Lipinski definition) is 3. The van der Waals surface area contributed by atoms with Gasteiger partial charge in [0, 0.05) is 67.3 Å². The summed E-state index contributed by atoms with van der Waals surface area (Å²) in [6, 6.07) is 8.84. The Morgan fingerprint density at radius 3 is 2.66 bits per heavy atom. The van der Waals surface area contributed by atoms with Gasteiger partial charge in [-0.05, 0) is 50.4 Å². The van der Waals surface area contributed by atoms with Crippen LogP contribution < -0.4 is 5.32 Å². The molecular formula is C24H38ClN3O2S2. The van der Waals surface area contributed by atoms with Crippen LogP contribution in [-0.2, 0) is 9.53 Å². The van der Waals surface area contributed by atoms with E-state index in [0.717, 1.165) is 74.9 Å². The highest BCUT2D eigenvalue weighted by atomic mass is 35.5. The molecule has 2 bridgehead atoms. The summed E-state index contributed by atoms with van der Waals surface area (Å²) >= 11 is 14.7. The molecule has 0 radical (unpaired) electrons. The third-order valence-corrected chi connectivity index (χ3v) is 7.69. The molecule has 2 fully saturated rings. The normalized spacial score (nSPS) is 25.4. The van der Waals surface area contributed by atoms with Crippen LogP contribution in [0.25, 0.3) is 0 Å². The third kappa shape index (κ3) is 7.03. The first-order valence-corrected chi connectivity index (χ1v) is 13.5. The Morgan fingerprint density at radius 2 is 1.94 bits per heavy atom. The Labute approximate surface area is 209 Å². The summed E-state index contributed by atoms with van der Waals surface area (Å²) in [5, 5.41) is 4.11. The number of carbonyl (C=O) groups excluding carboxylic acids is 1. The number of nitrogens with zero attached hydrogens (tertiary/aromatic N) is 2. The molecule has 2 aliphatic rings. The zero-order chi connectivity index (χ0) is 22.9. The highest BCUT2D eigenvalue weighted by molar-refractivity contribution is 7.80. The zero-order valence-corrected chi connectivity index (χ0v) is 21.6. The van der Waals surface area contributed by atoms with Gasteiger partial charge in [0.05, 0.1) is 12.5 Å². The van der Waals surface area contributed by atoms with Gasteiger partial charge >= 0.3 is 5.97 Å². The Bertz CT molecular complexity index is 709. The molecule has 1 aromatic carbocycles. The average molecular weight is 500 g/mol. The molecule has 180 valence electrons. The number of fused-ring (bicyclic) bond motifs is 2. The van der Waals surface area contributed by atoms with Gasteiger partial charge in [-0.25, -0.2) is 0 Å². The smallest absolute Gasteiger partial charge is 0.311 e. The summed E-state index contributed by atoms with van der Waals surface area (Å²) in [6.45, 7) is 5.14. The Kier molecular flexibility index (Phi) is 11.0. The predicted molar refractivity (Wildman–Crippen MR) is 139 cm³/mol. The lowest BCUT2D eigenvalue weighted by Crippen LogP contribution is -2.49. The summed E-state index contributed by atoms with van der Waals surface area (Å²) in [7, 11) is 2.16. The number of esters is 1. The maximum atomic E-state index is 13.3. The van der Waals surface area contributed by atoms with E-state index < -0.39 is 0 Å². The summed E-state index contributed by atoms with van der Waals surface area (Å²) in [4.78, 5) is 18.1. The standard InChI is InChI=1S/C24H38ClN3O2S2/c1-27-20-7-8-22(27)23(21(17-20)18-3-5-19(25)6-4-18)24(29)30-14-2-11-28(13-16-32)12-9-26-10-15-31/h3-6,20-23,26,31-32H,2,7-17H2,1H3. The van der Waals surface area contributed by atoms with E-state index in [1.54, 1.807) is 0 Å². The number of benzene rings is 1. The third-order valence-electron chi connectivity index (χ3n) is 7.01. The maximum Gasteiger partial charge on any atom is 0.311 e. The summed E-state index contributed by atoms with van der Waals surface area (Å²) in [6.07, 6.45) is 4.08. The van der Waals surface area contributed by atoms with Crippen LogP contribution in [0.2, 0.25) is 5.02 Å². The van der Waals surface area contributed by atoms with E-state index >= 15 is 0 Å². The van der Waals surface area contributed by atoms with Crippen molar-refractivity contribution in [1.82, 2.24) is 15.1 Å². The van der Waals surface area contributed by atoms with Crippen LogP contribution in [0, 0.1) is 5.92 Å². The van der Waals surface area contributed by atoms with Crippen LogP contribution in [0.4, 0.5) is 0 Å². The van der Waals surface area contributed by atoms with Crippen molar-refractivity contribution in [3.8, 4) is 0 Å². The van der Waals surface area contributed by atoms with Crippen molar-refractivity contribution in [2.24, 2.45) is 5.92 Å². The van der Waals surface area contributed by atoms with Crippen molar-refractivity contribution in [1.29, 1.82) is 0 Å². The number of hydrogen-bond acceptors (Lipinski definition) is 7. The van der Waals surface area contributed by atoms with Crippen LogP contribution >= 0.6 is 36.9 Å². The van der Waals surface area contributed by atoms with Crippen molar-refractivity contribution in [3.63, 3.8) is 0 Å². The van der Waals surface area contributed by atoms with Crippen molar-refractivity contribution in [2.45, 2.75) is 43.7 Å². The van der Waals surface area contributed by atoms with E-state index in [1.807, 2.05) is 12.1 Å². The van der Waals surface area contributed by atoms with Crippen molar-refractivity contribution in [2.75, 3.05) is 57.9 Å². The monoisotopic (exact) mass is 499 g/mol. The van der Waals surface area contributed by atoms with Gasteiger partial charge in [0.15, 0.2) is 0 Å². The maximum absolute atomic E-state index is 13.3. The van der Waals surface area contributed by atoms with Crippen LogP contribution in [0.15, 0.2) is 24.3 Å². The topological polar surface area (TPSA) is 44.8 Å². The number of ether oxygens (including phenoxy) is 1. The van der Waals surface area contributed by atoms with Gasteiger partial charge in [-0.15, -0.1) is 0 Å². The van der Waals surface area contributed by atoms with Crippen LogP contribution in [-0.4, -0.2) is 85.7 Å². The first-order valence-electron chi connectivity index (χ1n) is 11.8. The van der Waals surface area contributed by atoms with Gasteiger partial charge in [-0.3, -0.25) is 9.69 Å². The molecule has 4 unspecified atom stereocenters. The summed E-state index contributed by atoms with van der Waals surface area (Å²) in [5.41, 5.74) is 1.20. The van der Waals surface area contributed by atoms with Gasteiger partial charge in [-0.2, -0.15) is 25.3 Å². The molecule has 1 N–H and O–H groups in total. The molecule has 32 heavy (non-hydrogen) atoms. The molecule has 0 aliphatic carbocycles. The van der Waals surface area contributed by atoms with E-state index in [2.05, 4.69) is 59.6 Å². The molecule has 2 heterocycles. The van der Waals surface area contributed by atoms with Gasteiger partial charge < -0.3 is 15.0 Å². The molecule has 0 saturated carbocycles. The second kappa shape index (κ2) is 13.4. The first-order chi connectivity index (χ1) is 15.5. The van der Waals surface area contributed by atoms with Gasteiger partial charge in [-0.1, -0.05) is 23.7 Å². The lowest BCUT2D eigenvalue weighted by atomic mass is 9.76. The van der Waals surface area contributed by atoms with E-state index in [9.17, 15) is 4.79 Å². The minimum Gasteiger partial charge on any atom is -0.465 e. The molecular weight excluding hydrogens is 462 g/mol. The lowest BCUT2D eigenvalue weighted by molar-refractivity contribution is -0.153. The fourth-order valence-corrected chi connectivity index (χ4v) is 5.88. The Morgan fingerprint density at radius 1 is 1.16 bits per heavy atom. The van der Waals surface area contributed by atoms with E-state index in [-0.39, 0.29) is 23.8 Å². The van der Waals surface area contributed by atoms with Gasteiger partial charge in [0.2, 0.25) is 0 Å². The fourth-order valence-electron chi connectivity index (χ4n) is 5.32. The van der Waals surface area contributed by atoms with Crippen LogP contribution in [0.5, 0.6) is 0 Å². The van der Waals surface area contributed by atoms with Crippen molar-refractivity contribution >= 4 is 42.8 Å². The van der Waals surface area contributed by atoms with Crippen molar-refractivity contribution < 1.29 is 9.53 Å². The highest BCUT2D eigenvalue weighted by Gasteiger charge is 2.49. The molecule has 0 aromatic heterocycles. The number of rotatable bonds is 13. The van der Waals surface area contributed by atoms with E-state index in [1.165, 1.54) is 5.56 Å². The van der Waals surface area contributed by atoms with Crippen molar-refractivity contribution in [3.05, 3.63) is 34.9 Å². The molecule has 8 heteroatoms. The van der Waals surface area contributed by atoms with Crippen LogP contribution in [0.3, 0.4) is 0 Å². The molecule has 2 aliphatic heterocycles. The fraction of sp³-hybridized carbons (Fsp3) is 0.708. The molecule has 0 spiro atoms. The lowest BCUT2D eigenvalue weighted by Gasteiger charge is -2.42. The number of halogens is 1. The molecule has 4 atom stereocenters. The molecule has 2 saturated heterocycles. The largest absolute Gasteiger partial charge is 0.465 e. The molecule has 0 amide bonds. The first kappa shape index (κ1) is 26.2. The van der Waals surface area contributed by atoms with Gasteiger partial charge in [0.25, 0.3) is 0 Å². The predicted octanol–water partition coefficient (Wildman–Crippen LogP) is 3.59. The zero-order valence-electron chi connectivity index (χ0n) is 19.1. The summed E-state index contributed by atoms with van der Waals surface area (Å²) in [5.74, 6) is 1.72. The molecule has 1 aromatic rings. The molecule has 5 nitrogen and oxygen atoms in total. The average Bonchev–Trinajstić information content (AvgIpc) is 3.02. The SMILES string of the molecule is CN1C2CCC1C(C(=O)OCCCN(CCS)CCNCCS)C(c1ccc(Cl)cc1)C2. The van der Waals surface area contributed by atoms with E-state index in [4.69, 9.17) is 16.3 Å². The number of thiol groups is 2. The Balaban J connectivity index is 1.54.